The first-order chi connectivity index (χ1) is 13.2. The first-order valence-corrected chi connectivity index (χ1v) is 9.00. The van der Waals surface area contributed by atoms with Crippen LogP contribution < -0.4 is 14.8 Å². The zero-order valence-corrected chi connectivity index (χ0v) is 15.1. The summed E-state index contributed by atoms with van der Waals surface area (Å²) in [4.78, 5) is 0. The zero-order chi connectivity index (χ0) is 18.8. The van der Waals surface area contributed by atoms with Crippen molar-refractivity contribution >= 4 is 0 Å². The summed E-state index contributed by atoms with van der Waals surface area (Å²) in [6.07, 6.45) is 0.770. The van der Waals surface area contributed by atoms with E-state index < -0.39 is 12.2 Å². The maximum Gasteiger partial charge on any atom is 0.231 e. The molecule has 4 rings (SSSR count). The van der Waals surface area contributed by atoms with Gasteiger partial charge in [-0.1, -0.05) is 17.3 Å². The summed E-state index contributed by atoms with van der Waals surface area (Å²) in [7, 11) is 1.60. The Labute approximate surface area is 156 Å². The Bertz CT molecular complexity index is 783. The van der Waals surface area contributed by atoms with Crippen LogP contribution in [0.3, 0.4) is 0 Å². The van der Waals surface area contributed by atoms with E-state index >= 15 is 0 Å². The molecular weight excluding hydrogens is 352 g/mol. The average Bonchev–Trinajstić information content (AvgIpc) is 3.37. The molecule has 1 aliphatic heterocycles. The summed E-state index contributed by atoms with van der Waals surface area (Å²) in [6, 6.07) is 5.52. The first-order valence-electron chi connectivity index (χ1n) is 9.00. The van der Waals surface area contributed by atoms with E-state index in [-0.39, 0.29) is 18.8 Å². The minimum absolute atomic E-state index is 0.115. The van der Waals surface area contributed by atoms with Crippen LogP contribution in [0.25, 0.3) is 0 Å². The van der Waals surface area contributed by atoms with Gasteiger partial charge in [0.15, 0.2) is 11.5 Å². The van der Waals surface area contributed by atoms with Crippen LogP contribution in [0.15, 0.2) is 24.4 Å². The highest BCUT2D eigenvalue weighted by Crippen LogP contribution is 2.36. The predicted octanol–water partition coefficient (Wildman–Crippen LogP) is 0.0533. The maximum absolute atomic E-state index is 10.4. The second-order valence-electron chi connectivity index (χ2n) is 6.98. The molecule has 1 saturated carbocycles. The van der Waals surface area contributed by atoms with E-state index in [1.165, 1.54) is 0 Å². The fourth-order valence-electron chi connectivity index (χ4n) is 3.76. The van der Waals surface area contributed by atoms with Gasteiger partial charge in [0, 0.05) is 37.7 Å². The Morgan fingerprint density at radius 1 is 1.30 bits per heavy atom. The van der Waals surface area contributed by atoms with Crippen LogP contribution in [0.4, 0.5) is 0 Å². The van der Waals surface area contributed by atoms with E-state index in [0.29, 0.717) is 26.1 Å². The van der Waals surface area contributed by atoms with Gasteiger partial charge >= 0.3 is 0 Å². The van der Waals surface area contributed by atoms with Crippen molar-refractivity contribution in [3.05, 3.63) is 35.7 Å². The van der Waals surface area contributed by atoms with E-state index in [0.717, 1.165) is 22.8 Å². The van der Waals surface area contributed by atoms with Crippen LogP contribution in [0.2, 0.25) is 0 Å². The van der Waals surface area contributed by atoms with E-state index in [2.05, 4.69) is 15.6 Å². The van der Waals surface area contributed by atoms with Crippen LogP contribution in [0, 0.1) is 5.92 Å². The number of aromatic nitrogens is 3. The van der Waals surface area contributed by atoms with Crippen molar-refractivity contribution in [2.45, 2.75) is 44.4 Å². The second-order valence-corrected chi connectivity index (χ2v) is 6.98. The van der Waals surface area contributed by atoms with Crippen LogP contribution in [0.5, 0.6) is 11.5 Å². The van der Waals surface area contributed by atoms with Gasteiger partial charge in [0.2, 0.25) is 6.79 Å². The smallest absolute Gasteiger partial charge is 0.231 e. The number of aliphatic hydroxyl groups is 2. The highest BCUT2D eigenvalue weighted by molar-refractivity contribution is 5.48. The van der Waals surface area contributed by atoms with Gasteiger partial charge in [-0.05, 0) is 12.5 Å². The Morgan fingerprint density at radius 3 is 3.04 bits per heavy atom. The van der Waals surface area contributed by atoms with Gasteiger partial charge in [-0.25, -0.2) is 0 Å². The molecule has 0 amide bonds. The molecule has 4 atom stereocenters. The molecule has 146 valence electrons. The van der Waals surface area contributed by atoms with Gasteiger partial charge in [0.1, 0.15) is 5.69 Å². The fraction of sp³-hybridized carbons (Fsp3) is 0.556. The number of nitrogens with one attached hydrogen (secondary N) is 1. The normalized spacial score (nSPS) is 26.6. The molecule has 2 aromatic rings. The number of ether oxygens (including phenoxy) is 3. The quantitative estimate of drug-likeness (QED) is 0.622. The van der Waals surface area contributed by atoms with E-state index in [1.54, 1.807) is 18.0 Å². The Hall–Kier alpha value is -2.20. The van der Waals surface area contributed by atoms with Crippen LogP contribution >= 0.6 is 0 Å². The van der Waals surface area contributed by atoms with E-state index in [4.69, 9.17) is 14.2 Å². The molecule has 1 aromatic heterocycles. The average molecular weight is 376 g/mol. The van der Waals surface area contributed by atoms with Crippen molar-refractivity contribution in [1.29, 1.82) is 0 Å². The maximum atomic E-state index is 10.4. The SMILES string of the molecule is COCc1cn(CC2CC(NCc3cccc4c3OCO4)C(O)C2O)nn1. The fourth-order valence-corrected chi connectivity index (χ4v) is 3.76. The molecule has 27 heavy (non-hydrogen) atoms. The number of hydrogen-bond donors (Lipinski definition) is 3. The Morgan fingerprint density at radius 2 is 2.19 bits per heavy atom. The molecular formula is C18H24N4O5. The first kappa shape index (κ1) is 18.2. The lowest BCUT2D eigenvalue weighted by Gasteiger charge is -2.18. The third-order valence-electron chi connectivity index (χ3n) is 5.13. The van der Waals surface area contributed by atoms with Crippen molar-refractivity contribution in [2.75, 3.05) is 13.9 Å². The van der Waals surface area contributed by atoms with Gasteiger partial charge < -0.3 is 29.7 Å². The summed E-state index contributed by atoms with van der Waals surface area (Å²) < 4.78 is 17.6. The summed E-state index contributed by atoms with van der Waals surface area (Å²) in [5.74, 6) is 1.36. The van der Waals surface area contributed by atoms with Crippen molar-refractivity contribution in [3.8, 4) is 11.5 Å². The minimum atomic E-state index is -0.842. The minimum Gasteiger partial charge on any atom is -0.454 e. The summed E-state index contributed by atoms with van der Waals surface area (Å²) in [6.45, 7) is 1.63. The molecule has 1 aliphatic carbocycles. The standard InChI is InChI=1S/C18H24N4O5/c1-25-9-13-8-22(21-20-13)7-12-5-14(17(24)16(12)23)19-6-11-3-2-4-15-18(11)27-10-26-15/h2-4,8,12,14,16-17,19,23-24H,5-7,9-10H2,1H3. The number of benzene rings is 1. The van der Waals surface area contributed by atoms with Gasteiger partial charge in [-0.3, -0.25) is 4.68 Å². The molecule has 1 aromatic carbocycles. The molecule has 0 bridgehead atoms. The van der Waals surface area contributed by atoms with Crippen molar-refractivity contribution in [1.82, 2.24) is 20.3 Å². The number of aliphatic hydroxyl groups excluding tert-OH is 2. The number of hydrogen-bond acceptors (Lipinski definition) is 8. The Balaban J connectivity index is 1.36. The van der Waals surface area contributed by atoms with Crippen molar-refractivity contribution in [3.63, 3.8) is 0 Å². The summed E-state index contributed by atoms with van der Waals surface area (Å²) >= 11 is 0. The van der Waals surface area contributed by atoms with Crippen LogP contribution in [0.1, 0.15) is 17.7 Å². The Kier molecular flexibility index (Phi) is 5.26. The molecule has 9 heteroatoms. The van der Waals surface area contributed by atoms with E-state index in [1.807, 2.05) is 18.2 Å². The lowest BCUT2D eigenvalue weighted by molar-refractivity contribution is 0.00720. The molecule has 2 aliphatic rings. The third kappa shape index (κ3) is 3.77. The number of para-hydroxylation sites is 1. The summed E-state index contributed by atoms with van der Waals surface area (Å²) in [5, 5.41) is 32.3. The van der Waals surface area contributed by atoms with Gasteiger partial charge in [-0.2, -0.15) is 0 Å². The van der Waals surface area contributed by atoms with Crippen LogP contribution in [-0.4, -0.2) is 57.4 Å². The number of methoxy groups -OCH3 is 1. The number of fused-ring (bicyclic) bond motifs is 1. The van der Waals surface area contributed by atoms with E-state index in [9.17, 15) is 10.2 Å². The molecule has 1 fully saturated rings. The van der Waals surface area contributed by atoms with Crippen molar-refractivity contribution in [2.24, 2.45) is 5.92 Å². The number of rotatable bonds is 7. The number of nitrogens with zero attached hydrogens (tertiary/aromatic N) is 3. The lowest BCUT2D eigenvalue weighted by atomic mass is 10.1. The molecule has 3 N–H and O–H groups in total. The van der Waals surface area contributed by atoms with Crippen molar-refractivity contribution < 1.29 is 24.4 Å². The topological polar surface area (TPSA) is 111 Å². The zero-order valence-electron chi connectivity index (χ0n) is 15.1. The highest BCUT2D eigenvalue weighted by Gasteiger charge is 2.41. The van der Waals surface area contributed by atoms with Gasteiger partial charge in [-0.15, -0.1) is 5.10 Å². The highest BCUT2D eigenvalue weighted by atomic mass is 16.7. The molecule has 2 heterocycles. The second kappa shape index (κ2) is 7.81. The molecule has 4 unspecified atom stereocenters. The molecule has 0 saturated heterocycles. The van der Waals surface area contributed by atoms with Crippen LogP contribution in [-0.2, 0) is 24.4 Å². The summed E-state index contributed by atoms with van der Waals surface area (Å²) in [5.41, 5.74) is 1.70. The predicted molar refractivity (Wildman–Crippen MR) is 94.0 cm³/mol. The third-order valence-corrected chi connectivity index (χ3v) is 5.13. The monoisotopic (exact) mass is 376 g/mol. The lowest BCUT2D eigenvalue weighted by Crippen LogP contribution is -2.39. The largest absolute Gasteiger partial charge is 0.454 e. The molecule has 0 spiro atoms. The molecule has 9 nitrogen and oxygen atoms in total. The molecule has 0 radical (unpaired) electrons. The van der Waals surface area contributed by atoms with Gasteiger partial charge in [0.25, 0.3) is 0 Å². The van der Waals surface area contributed by atoms with Gasteiger partial charge in [0.05, 0.1) is 25.0 Å².